The number of benzene rings is 1. The molecule has 2 aromatic rings. The second-order valence-corrected chi connectivity index (χ2v) is 7.61. The maximum Gasteiger partial charge on any atom is 0.295 e. The molecule has 1 saturated heterocycles. The molecule has 1 unspecified atom stereocenters. The number of aliphatic hydroxyl groups excluding tert-OH is 1. The molecule has 1 amide bonds. The van der Waals surface area contributed by atoms with Crippen LogP contribution in [0.3, 0.4) is 0 Å². The number of nitrogens with zero attached hydrogens (tertiary/aromatic N) is 2. The summed E-state index contributed by atoms with van der Waals surface area (Å²) in [4.78, 5) is 31.2. The fraction of sp³-hybridized carbons (Fsp3) is 0.375. The van der Waals surface area contributed by atoms with E-state index in [0.717, 1.165) is 16.9 Å². The van der Waals surface area contributed by atoms with E-state index in [4.69, 9.17) is 4.74 Å². The summed E-state index contributed by atoms with van der Waals surface area (Å²) in [5.74, 6) is -0.504. The second-order valence-electron chi connectivity index (χ2n) is 7.61. The number of ketones is 1. The largest absolute Gasteiger partial charge is 0.507 e. The molecular formula is C24H28N2O4. The molecule has 1 atom stereocenters. The lowest BCUT2D eigenvalue weighted by Gasteiger charge is -2.24. The normalized spacial score (nSPS) is 18.3. The zero-order chi connectivity index (χ0) is 21.8. The average Bonchev–Trinajstić information content (AvgIpc) is 2.99. The summed E-state index contributed by atoms with van der Waals surface area (Å²) >= 11 is 0. The van der Waals surface area contributed by atoms with Gasteiger partial charge in [-0.3, -0.25) is 14.6 Å². The predicted molar refractivity (Wildman–Crippen MR) is 115 cm³/mol. The monoisotopic (exact) mass is 408 g/mol. The molecular weight excluding hydrogens is 380 g/mol. The molecule has 1 fully saturated rings. The lowest BCUT2D eigenvalue weighted by Crippen LogP contribution is -2.30. The summed E-state index contributed by atoms with van der Waals surface area (Å²) in [6, 6.07) is 8.26. The zero-order valence-corrected chi connectivity index (χ0v) is 17.9. The van der Waals surface area contributed by atoms with Gasteiger partial charge < -0.3 is 14.7 Å². The molecule has 3 rings (SSSR count). The molecule has 30 heavy (non-hydrogen) atoms. The van der Waals surface area contributed by atoms with Gasteiger partial charge >= 0.3 is 0 Å². The fourth-order valence-corrected chi connectivity index (χ4v) is 3.83. The topological polar surface area (TPSA) is 79.7 Å². The number of carbonyl (C=O) groups excluding carboxylic acids is 2. The van der Waals surface area contributed by atoms with Crippen LogP contribution in [0, 0.1) is 0 Å². The van der Waals surface area contributed by atoms with E-state index in [9.17, 15) is 14.7 Å². The molecule has 1 aromatic carbocycles. The van der Waals surface area contributed by atoms with Crippen molar-refractivity contribution in [2.75, 3.05) is 13.2 Å². The number of likely N-dealkylation sites (tertiary alicyclic amines) is 1. The number of Topliss-reactive ketones (excluding diaryl/α,β-unsaturated/α-hetero) is 1. The number of pyridine rings is 1. The van der Waals surface area contributed by atoms with Gasteiger partial charge in [-0.05, 0) is 60.7 Å². The first-order chi connectivity index (χ1) is 14.4. The van der Waals surface area contributed by atoms with Crippen LogP contribution < -0.4 is 4.74 Å². The highest BCUT2D eigenvalue weighted by atomic mass is 16.5. The quantitative estimate of drug-likeness (QED) is 0.416. The Morgan fingerprint density at radius 2 is 1.87 bits per heavy atom. The zero-order valence-electron chi connectivity index (χ0n) is 17.9. The maximum absolute atomic E-state index is 12.9. The van der Waals surface area contributed by atoms with Gasteiger partial charge in [0.2, 0.25) is 0 Å². The number of ether oxygens (including phenoxy) is 1. The van der Waals surface area contributed by atoms with Gasteiger partial charge in [-0.2, -0.15) is 0 Å². The Kier molecular flexibility index (Phi) is 6.55. The Balaban J connectivity index is 2.17. The van der Waals surface area contributed by atoms with Crippen LogP contribution in [-0.2, 0) is 9.59 Å². The molecule has 0 saturated carbocycles. The Hall–Kier alpha value is -3.15. The van der Waals surface area contributed by atoms with Crippen molar-refractivity contribution in [3.63, 3.8) is 0 Å². The summed E-state index contributed by atoms with van der Waals surface area (Å²) in [6.45, 7) is 8.91. The van der Waals surface area contributed by atoms with E-state index in [1.165, 1.54) is 4.90 Å². The maximum atomic E-state index is 12.9. The lowest BCUT2D eigenvalue weighted by molar-refractivity contribution is -0.139. The first-order valence-corrected chi connectivity index (χ1v) is 10.4. The third-order valence-electron chi connectivity index (χ3n) is 5.23. The van der Waals surface area contributed by atoms with Crippen molar-refractivity contribution in [3.05, 3.63) is 65.0 Å². The van der Waals surface area contributed by atoms with Gasteiger partial charge in [0.1, 0.15) is 11.5 Å². The number of hydrogen-bond acceptors (Lipinski definition) is 5. The highest BCUT2D eigenvalue weighted by Gasteiger charge is 2.45. The number of carbonyl (C=O) groups is 2. The Labute approximate surface area is 177 Å². The van der Waals surface area contributed by atoms with Crippen LogP contribution >= 0.6 is 0 Å². The van der Waals surface area contributed by atoms with Crippen molar-refractivity contribution in [1.29, 1.82) is 0 Å². The van der Waals surface area contributed by atoms with Crippen molar-refractivity contribution >= 4 is 17.4 Å². The van der Waals surface area contributed by atoms with E-state index < -0.39 is 17.7 Å². The van der Waals surface area contributed by atoms with E-state index in [1.807, 2.05) is 33.8 Å². The summed E-state index contributed by atoms with van der Waals surface area (Å²) in [7, 11) is 0. The molecule has 158 valence electrons. The molecule has 1 aliphatic heterocycles. The van der Waals surface area contributed by atoms with E-state index in [0.29, 0.717) is 25.1 Å². The van der Waals surface area contributed by atoms with Crippen molar-refractivity contribution in [3.8, 4) is 5.75 Å². The van der Waals surface area contributed by atoms with Gasteiger partial charge in [0.05, 0.1) is 18.2 Å². The Bertz CT molecular complexity index is 966. The van der Waals surface area contributed by atoms with Crippen LogP contribution in [0.5, 0.6) is 5.75 Å². The van der Waals surface area contributed by atoms with Gasteiger partial charge in [-0.15, -0.1) is 0 Å². The third kappa shape index (κ3) is 3.95. The van der Waals surface area contributed by atoms with E-state index in [2.05, 4.69) is 4.98 Å². The molecule has 0 radical (unpaired) electrons. The van der Waals surface area contributed by atoms with Crippen LogP contribution in [0.25, 0.3) is 5.76 Å². The molecule has 1 aromatic heterocycles. The molecule has 6 heteroatoms. The number of hydrogen-bond donors (Lipinski definition) is 1. The third-order valence-corrected chi connectivity index (χ3v) is 5.23. The molecule has 1 aliphatic rings. The van der Waals surface area contributed by atoms with Gasteiger partial charge in [0, 0.05) is 24.5 Å². The van der Waals surface area contributed by atoms with Crippen molar-refractivity contribution < 1.29 is 19.4 Å². The van der Waals surface area contributed by atoms with Gasteiger partial charge in [-0.1, -0.05) is 20.8 Å². The van der Waals surface area contributed by atoms with Gasteiger partial charge in [0.15, 0.2) is 0 Å². The molecule has 0 spiro atoms. The standard InChI is InChI=1S/C24H28N2O4/c1-5-13-26-21(16-9-11-25-12-10-16)20(23(28)24(26)29)22(27)17-7-8-19(30-6-2)18(14-17)15(3)4/h7-12,14-15,21,27H,5-6,13H2,1-4H3/b22-20-. The SMILES string of the molecule is CCCN1C(=O)C(=O)/C(=C(\O)c2ccc(OCC)c(C(C)C)c2)C1c1ccncc1. The highest BCUT2D eigenvalue weighted by molar-refractivity contribution is 6.46. The minimum absolute atomic E-state index is 0.110. The number of aliphatic hydroxyl groups is 1. The summed E-state index contributed by atoms with van der Waals surface area (Å²) in [6.07, 6.45) is 3.94. The Morgan fingerprint density at radius 3 is 2.47 bits per heavy atom. The number of rotatable bonds is 7. The fourth-order valence-electron chi connectivity index (χ4n) is 3.83. The summed E-state index contributed by atoms with van der Waals surface area (Å²) in [5, 5.41) is 11.2. The van der Waals surface area contributed by atoms with Crippen molar-refractivity contribution in [2.24, 2.45) is 0 Å². The average molecular weight is 408 g/mol. The van der Waals surface area contributed by atoms with E-state index >= 15 is 0 Å². The van der Waals surface area contributed by atoms with Crippen molar-refractivity contribution in [2.45, 2.75) is 46.1 Å². The summed E-state index contributed by atoms with van der Waals surface area (Å²) < 4.78 is 5.70. The first-order valence-electron chi connectivity index (χ1n) is 10.4. The van der Waals surface area contributed by atoms with Gasteiger partial charge in [-0.25, -0.2) is 0 Å². The smallest absolute Gasteiger partial charge is 0.295 e. The molecule has 2 heterocycles. The number of aromatic nitrogens is 1. The van der Waals surface area contributed by atoms with Crippen LogP contribution in [-0.4, -0.2) is 39.8 Å². The van der Waals surface area contributed by atoms with Gasteiger partial charge in [0.25, 0.3) is 11.7 Å². The van der Waals surface area contributed by atoms with Crippen LogP contribution in [0.4, 0.5) is 0 Å². The number of amides is 1. The van der Waals surface area contributed by atoms with E-state index in [-0.39, 0.29) is 17.3 Å². The van der Waals surface area contributed by atoms with Crippen LogP contribution in [0.1, 0.15) is 62.8 Å². The molecule has 0 aliphatic carbocycles. The first kappa shape index (κ1) is 21.6. The molecule has 1 N–H and O–H groups in total. The van der Waals surface area contributed by atoms with Crippen LogP contribution in [0.2, 0.25) is 0 Å². The Morgan fingerprint density at radius 1 is 1.17 bits per heavy atom. The second kappa shape index (κ2) is 9.11. The lowest BCUT2D eigenvalue weighted by atomic mass is 9.93. The molecule has 6 nitrogen and oxygen atoms in total. The predicted octanol–water partition coefficient (Wildman–Crippen LogP) is 4.44. The summed E-state index contributed by atoms with van der Waals surface area (Å²) in [5.41, 5.74) is 2.28. The van der Waals surface area contributed by atoms with Crippen molar-refractivity contribution in [1.82, 2.24) is 9.88 Å². The minimum Gasteiger partial charge on any atom is -0.507 e. The van der Waals surface area contributed by atoms with E-state index in [1.54, 1.807) is 36.7 Å². The highest BCUT2D eigenvalue weighted by Crippen LogP contribution is 2.40. The minimum atomic E-state index is -0.664. The molecule has 0 bridgehead atoms. The van der Waals surface area contributed by atoms with Crippen LogP contribution in [0.15, 0.2) is 48.3 Å².